The quantitative estimate of drug-likeness (QED) is 0.0901. The molecule has 2 aliphatic rings. The van der Waals surface area contributed by atoms with E-state index in [0.717, 1.165) is 11.1 Å². The van der Waals surface area contributed by atoms with Crippen LogP contribution in [-0.4, -0.2) is 45.3 Å². The van der Waals surface area contributed by atoms with Gasteiger partial charge in [-0.15, -0.1) is 0 Å². The average molecular weight is 702 g/mol. The van der Waals surface area contributed by atoms with Crippen molar-refractivity contribution in [3.63, 3.8) is 0 Å². The van der Waals surface area contributed by atoms with Crippen molar-refractivity contribution in [2.75, 3.05) is 6.61 Å². The van der Waals surface area contributed by atoms with Crippen molar-refractivity contribution >= 4 is 58.1 Å². The van der Waals surface area contributed by atoms with E-state index in [-0.39, 0.29) is 29.3 Å². The number of rotatable bonds is 4. The molecule has 2 fully saturated rings. The number of carbonyl (C=O) groups is 4. The van der Waals surface area contributed by atoms with E-state index in [4.69, 9.17) is 28.3 Å². The van der Waals surface area contributed by atoms with Gasteiger partial charge in [-0.1, -0.05) is 119 Å². The Labute approximate surface area is 293 Å². The molecule has 0 saturated carbocycles. The highest BCUT2D eigenvalue weighted by Gasteiger charge is 2.41. The lowest BCUT2D eigenvalue weighted by atomic mass is 9.95. The second-order valence-electron chi connectivity index (χ2n) is 11.1. The van der Waals surface area contributed by atoms with Gasteiger partial charge in [0.05, 0.1) is 23.2 Å². The Morgan fingerprint density at radius 3 is 1.20 bits per heavy atom. The van der Waals surface area contributed by atoms with Crippen molar-refractivity contribution in [3.8, 4) is 0 Å². The molecule has 2 aliphatic heterocycles. The number of aliphatic hydroxyl groups excluding tert-OH is 3. The first-order chi connectivity index (χ1) is 23.4. The predicted octanol–water partition coefficient (Wildman–Crippen LogP) is 6.71. The zero-order valence-electron chi connectivity index (χ0n) is 26.8. The Bertz CT molecular complexity index is 1810. The van der Waals surface area contributed by atoms with Crippen LogP contribution in [0.4, 0.5) is 0 Å². The topological polar surface area (TPSA) is 153 Å². The molecule has 0 bridgehead atoms. The maximum Gasteiger partial charge on any atom is 0.293 e. The van der Waals surface area contributed by atoms with Crippen LogP contribution in [0.15, 0.2) is 108 Å². The maximum atomic E-state index is 12.2. The highest BCUT2D eigenvalue weighted by Crippen LogP contribution is 2.37. The molecule has 2 heterocycles. The van der Waals surface area contributed by atoms with Crippen LogP contribution in [0.25, 0.3) is 11.5 Å². The molecule has 5 N–H and O–H groups in total. The number of halogens is 2. The zero-order chi connectivity index (χ0) is 35.8. The molecule has 0 spiro atoms. The van der Waals surface area contributed by atoms with Gasteiger partial charge in [0.2, 0.25) is 0 Å². The Morgan fingerprint density at radius 2 is 0.898 bits per heavy atom. The summed E-state index contributed by atoms with van der Waals surface area (Å²) >= 11 is 12.3. The number of Topliss-reactive ketones (excluding diaryl/α,β-unsaturated/α-hetero) is 2. The van der Waals surface area contributed by atoms with Crippen molar-refractivity contribution in [3.05, 3.63) is 152 Å². The molecule has 49 heavy (non-hydrogen) atoms. The minimum atomic E-state index is -0.759. The third-order valence-corrected chi connectivity index (χ3v) is 8.31. The van der Waals surface area contributed by atoms with Crippen molar-refractivity contribution in [1.82, 2.24) is 10.6 Å². The van der Waals surface area contributed by atoms with E-state index < -0.39 is 35.5 Å². The lowest BCUT2D eigenvalue weighted by Crippen LogP contribution is -2.21. The van der Waals surface area contributed by atoms with E-state index in [1.807, 2.05) is 38.1 Å². The van der Waals surface area contributed by atoms with Crippen LogP contribution in [-0.2, 0) is 19.2 Å². The Balaban J connectivity index is 0.000000205. The molecule has 6 rings (SSSR count). The fourth-order valence-electron chi connectivity index (χ4n) is 5.15. The molecule has 4 aromatic rings. The molecular weight excluding hydrogens is 667 g/mol. The third-order valence-electron chi connectivity index (χ3n) is 7.62. The number of hydrogen-bond donors (Lipinski definition) is 5. The van der Waals surface area contributed by atoms with Gasteiger partial charge in [0.15, 0.2) is 0 Å². The van der Waals surface area contributed by atoms with E-state index in [1.165, 1.54) is 0 Å². The lowest BCUT2D eigenvalue weighted by molar-refractivity contribution is -0.133. The van der Waals surface area contributed by atoms with Crippen LogP contribution < -0.4 is 10.6 Å². The maximum absolute atomic E-state index is 12.2. The predicted molar refractivity (Wildman–Crippen MR) is 189 cm³/mol. The lowest BCUT2D eigenvalue weighted by Gasteiger charge is -2.15. The van der Waals surface area contributed by atoms with Crippen LogP contribution >= 0.6 is 23.2 Å². The fourth-order valence-corrected chi connectivity index (χ4v) is 5.64. The van der Waals surface area contributed by atoms with Gasteiger partial charge in [0.25, 0.3) is 23.4 Å². The number of hydrogen-bond acceptors (Lipinski definition) is 7. The molecule has 9 nitrogen and oxygen atoms in total. The van der Waals surface area contributed by atoms with Crippen molar-refractivity contribution < 1.29 is 34.5 Å². The summed E-state index contributed by atoms with van der Waals surface area (Å²) in [5.74, 6) is -3.40. The minimum Gasteiger partial charge on any atom is -0.507 e. The zero-order valence-corrected chi connectivity index (χ0v) is 28.3. The summed E-state index contributed by atoms with van der Waals surface area (Å²) in [6, 6.07) is 26.4. The largest absolute Gasteiger partial charge is 0.507 e. The second-order valence-corrected chi connectivity index (χ2v) is 11.9. The van der Waals surface area contributed by atoms with E-state index >= 15 is 0 Å². The standard InChI is InChI=1S/2C18H14ClNO3.C2H6O/c2*1-10-6-8-11(9-7-10)16(21)14-15(20-18(23)17(14)22)12-4-2-3-5-13(12)19;1-2-3/h2*2-9,15,21H,1H3,(H,20,23);3H,2H2,1H3/b2*16-14+;. The molecule has 4 aromatic carbocycles. The van der Waals surface area contributed by atoms with Gasteiger partial charge in [0, 0.05) is 27.8 Å². The number of benzene rings is 4. The van der Waals surface area contributed by atoms with Crippen molar-refractivity contribution in [2.45, 2.75) is 32.9 Å². The molecule has 2 atom stereocenters. The van der Waals surface area contributed by atoms with Gasteiger partial charge in [-0.25, -0.2) is 0 Å². The Morgan fingerprint density at radius 1 is 0.592 bits per heavy atom. The second kappa shape index (κ2) is 16.3. The molecule has 252 valence electrons. The summed E-state index contributed by atoms with van der Waals surface area (Å²) in [5, 5.41) is 34.7. The SMILES string of the molecule is CCO.Cc1ccc(/C(O)=C2\C(=O)C(=O)NC2c2ccccc2Cl)cc1.Cc1ccc(/C(O)=C2\C(=O)C(=O)NC2c2ccccc2Cl)cc1. The molecule has 11 heteroatoms. The Kier molecular flexibility index (Phi) is 12.1. The number of carbonyl (C=O) groups excluding carboxylic acids is 4. The highest BCUT2D eigenvalue weighted by atomic mass is 35.5. The molecule has 2 saturated heterocycles. The summed E-state index contributed by atoms with van der Waals surface area (Å²) in [6.07, 6.45) is 0. The molecule has 0 aliphatic carbocycles. The molecule has 0 aromatic heterocycles. The van der Waals surface area contributed by atoms with Gasteiger partial charge >= 0.3 is 0 Å². The van der Waals surface area contributed by atoms with E-state index in [2.05, 4.69) is 10.6 Å². The molecule has 2 unspecified atom stereocenters. The van der Waals surface area contributed by atoms with Gasteiger partial charge in [0.1, 0.15) is 11.5 Å². The van der Waals surface area contributed by atoms with Gasteiger partial charge in [-0.2, -0.15) is 0 Å². The van der Waals surface area contributed by atoms with Crippen molar-refractivity contribution in [1.29, 1.82) is 0 Å². The summed E-state index contributed by atoms with van der Waals surface area (Å²) < 4.78 is 0. The average Bonchev–Trinajstić information content (AvgIpc) is 3.55. The first kappa shape index (κ1) is 36.6. The van der Waals surface area contributed by atoms with Crippen LogP contribution in [0.5, 0.6) is 0 Å². The van der Waals surface area contributed by atoms with Crippen LogP contribution in [0, 0.1) is 13.8 Å². The monoisotopic (exact) mass is 700 g/mol. The normalized spacial score (nSPS) is 18.8. The first-order valence-electron chi connectivity index (χ1n) is 15.2. The van der Waals surface area contributed by atoms with Gasteiger partial charge in [-0.3, -0.25) is 19.2 Å². The molecule has 0 radical (unpaired) electrons. The van der Waals surface area contributed by atoms with Crippen molar-refractivity contribution in [2.24, 2.45) is 0 Å². The fraction of sp³-hybridized carbons (Fsp3) is 0.158. The van der Waals surface area contributed by atoms with E-state index in [9.17, 15) is 29.4 Å². The number of ketones is 2. The van der Waals surface area contributed by atoms with E-state index in [0.29, 0.717) is 32.3 Å². The number of aryl methyl sites for hydroxylation is 2. The minimum absolute atomic E-state index is 0.0203. The number of nitrogens with one attached hydrogen (secondary N) is 2. The first-order valence-corrected chi connectivity index (χ1v) is 16.0. The third kappa shape index (κ3) is 8.26. The van der Waals surface area contributed by atoms with Gasteiger partial charge in [-0.05, 0) is 44.0 Å². The smallest absolute Gasteiger partial charge is 0.293 e. The van der Waals surface area contributed by atoms with Gasteiger partial charge < -0.3 is 26.0 Å². The number of aliphatic hydroxyl groups is 3. The summed E-state index contributed by atoms with van der Waals surface area (Å²) in [7, 11) is 0. The van der Waals surface area contributed by atoms with Crippen LogP contribution in [0.1, 0.15) is 52.4 Å². The molecular formula is C38H34Cl2N2O7. The van der Waals surface area contributed by atoms with Crippen LogP contribution in [0.2, 0.25) is 10.0 Å². The summed E-state index contributed by atoms with van der Waals surface area (Å²) in [5.41, 5.74) is 4.20. The number of amides is 2. The van der Waals surface area contributed by atoms with E-state index in [1.54, 1.807) is 79.7 Å². The highest BCUT2D eigenvalue weighted by molar-refractivity contribution is 6.47. The summed E-state index contributed by atoms with van der Waals surface area (Å²) in [6.45, 7) is 5.78. The Hall–Kier alpha value is -5.22. The molecule has 2 amide bonds. The summed E-state index contributed by atoms with van der Waals surface area (Å²) in [4.78, 5) is 48.1. The van der Waals surface area contributed by atoms with Crippen LogP contribution in [0.3, 0.4) is 0 Å².